The Morgan fingerprint density at radius 2 is 1.75 bits per heavy atom. The molecule has 8 nitrogen and oxygen atoms in total. The fraction of sp³-hybridized carbons (Fsp3) is 0.250. The average Bonchev–Trinajstić information content (AvgIpc) is 2.66. The fourth-order valence-electron chi connectivity index (χ4n) is 2.40. The van der Waals surface area contributed by atoms with Crippen molar-refractivity contribution in [1.29, 1.82) is 0 Å². The summed E-state index contributed by atoms with van der Waals surface area (Å²) in [7, 11) is 1.45. The van der Waals surface area contributed by atoms with Crippen LogP contribution in [0.4, 0.5) is 11.4 Å². The lowest BCUT2D eigenvalue weighted by molar-refractivity contribution is -0.119. The first kappa shape index (κ1) is 20.8. The van der Waals surface area contributed by atoms with Crippen LogP contribution in [0, 0.1) is 0 Å². The first-order chi connectivity index (χ1) is 13.4. The summed E-state index contributed by atoms with van der Waals surface area (Å²) in [5, 5.41) is 5.21. The van der Waals surface area contributed by atoms with E-state index in [2.05, 4.69) is 10.6 Å². The van der Waals surface area contributed by atoms with E-state index in [-0.39, 0.29) is 11.5 Å². The SMILES string of the molecule is CCOc1ccccc1C(=O)OCC(=O)Nc1cc(NC(C)=O)ccc1OC. The number of anilines is 2. The standard InChI is InChI=1S/C20H22N2O6/c1-4-27-17-8-6-5-7-15(17)20(25)28-12-19(24)22-16-11-14(21-13(2)23)9-10-18(16)26-3/h5-11H,4,12H2,1-3H3,(H,21,23)(H,22,24). The quantitative estimate of drug-likeness (QED) is 0.676. The van der Waals surface area contributed by atoms with Gasteiger partial charge in [-0.1, -0.05) is 12.1 Å². The van der Waals surface area contributed by atoms with Gasteiger partial charge < -0.3 is 24.8 Å². The van der Waals surface area contributed by atoms with E-state index in [1.54, 1.807) is 49.4 Å². The molecule has 28 heavy (non-hydrogen) atoms. The van der Waals surface area contributed by atoms with Crippen molar-refractivity contribution >= 4 is 29.2 Å². The Hall–Kier alpha value is -3.55. The summed E-state index contributed by atoms with van der Waals surface area (Å²) in [5.74, 6) is -0.682. The predicted octanol–water partition coefficient (Wildman–Crippen LogP) is 2.85. The number of benzene rings is 2. The van der Waals surface area contributed by atoms with Gasteiger partial charge in [0, 0.05) is 12.6 Å². The number of carbonyl (C=O) groups excluding carboxylic acids is 3. The first-order valence-corrected chi connectivity index (χ1v) is 8.59. The van der Waals surface area contributed by atoms with Gasteiger partial charge >= 0.3 is 5.97 Å². The van der Waals surface area contributed by atoms with Crippen LogP contribution in [0.1, 0.15) is 24.2 Å². The molecule has 0 fully saturated rings. The summed E-state index contributed by atoms with van der Waals surface area (Å²) in [5.41, 5.74) is 1.07. The third kappa shape index (κ3) is 5.73. The lowest BCUT2D eigenvalue weighted by Crippen LogP contribution is -2.21. The number of esters is 1. The van der Waals surface area contributed by atoms with Gasteiger partial charge in [0.05, 0.1) is 19.4 Å². The summed E-state index contributed by atoms with van der Waals surface area (Å²) in [6.45, 7) is 3.09. The molecule has 2 aromatic rings. The fourth-order valence-corrected chi connectivity index (χ4v) is 2.40. The van der Waals surface area contributed by atoms with Crippen LogP contribution in [0.5, 0.6) is 11.5 Å². The molecule has 2 rings (SSSR count). The predicted molar refractivity (Wildman–Crippen MR) is 104 cm³/mol. The molecule has 0 spiro atoms. The first-order valence-electron chi connectivity index (χ1n) is 8.59. The molecule has 2 N–H and O–H groups in total. The van der Waals surface area contributed by atoms with E-state index >= 15 is 0 Å². The average molecular weight is 386 g/mol. The molecule has 0 aliphatic rings. The molecular weight excluding hydrogens is 364 g/mol. The van der Waals surface area contributed by atoms with E-state index in [0.29, 0.717) is 29.5 Å². The van der Waals surface area contributed by atoms with Gasteiger partial charge in [-0.05, 0) is 37.3 Å². The van der Waals surface area contributed by atoms with Crippen molar-refractivity contribution < 1.29 is 28.6 Å². The molecule has 0 bridgehead atoms. The van der Waals surface area contributed by atoms with Crippen molar-refractivity contribution in [3.05, 3.63) is 48.0 Å². The third-order valence-corrected chi connectivity index (χ3v) is 3.54. The maximum Gasteiger partial charge on any atom is 0.342 e. The van der Waals surface area contributed by atoms with Crippen LogP contribution in [0.2, 0.25) is 0 Å². The minimum absolute atomic E-state index is 0.238. The van der Waals surface area contributed by atoms with E-state index in [4.69, 9.17) is 14.2 Å². The van der Waals surface area contributed by atoms with Gasteiger partial charge in [-0.2, -0.15) is 0 Å². The van der Waals surface area contributed by atoms with Crippen LogP contribution in [0.3, 0.4) is 0 Å². The van der Waals surface area contributed by atoms with E-state index in [9.17, 15) is 14.4 Å². The Labute approximate surface area is 162 Å². The lowest BCUT2D eigenvalue weighted by Gasteiger charge is -2.13. The smallest absolute Gasteiger partial charge is 0.342 e. The van der Waals surface area contributed by atoms with Gasteiger partial charge in [0.1, 0.15) is 17.1 Å². The molecule has 0 atom stereocenters. The third-order valence-electron chi connectivity index (χ3n) is 3.54. The molecule has 0 saturated heterocycles. The van der Waals surface area contributed by atoms with Crippen LogP contribution in [0.15, 0.2) is 42.5 Å². The Morgan fingerprint density at radius 3 is 2.43 bits per heavy atom. The number of ether oxygens (including phenoxy) is 3. The highest BCUT2D eigenvalue weighted by molar-refractivity contribution is 5.98. The summed E-state index contributed by atoms with van der Waals surface area (Å²) < 4.78 is 15.7. The molecule has 0 aliphatic heterocycles. The highest BCUT2D eigenvalue weighted by Crippen LogP contribution is 2.28. The van der Waals surface area contributed by atoms with Gasteiger partial charge in [-0.15, -0.1) is 0 Å². The zero-order chi connectivity index (χ0) is 20.5. The van der Waals surface area contributed by atoms with Crippen molar-refractivity contribution in [2.45, 2.75) is 13.8 Å². The molecule has 0 saturated carbocycles. The second-order valence-corrected chi connectivity index (χ2v) is 5.65. The number of carbonyl (C=O) groups is 3. The molecule has 0 radical (unpaired) electrons. The number of nitrogens with one attached hydrogen (secondary N) is 2. The van der Waals surface area contributed by atoms with Crippen LogP contribution in [-0.2, 0) is 14.3 Å². The lowest BCUT2D eigenvalue weighted by atomic mass is 10.2. The van der Waals surface area contributed by atoms with Crippen molar-refractivity contribution in [1.82, 2.24) is 0 Å². The van der Waals surface area contributed by atoms with Gasteiger partial charge in [-0.3, -0.25) is 9.59 Å². The number of rotatable bonds is 8. The van der Waals surface area contributed by atoms with Crippen LogP contribution in [-0.4, -0.2) is 38.1 Å². The topological polar surface area (TPSA) is 103 Å². The molecule has 0 heterocycles. The molecule has 2 amide bonds. The Balaban J connectivity index is 2.02. The van der Waals surface area contributed by atoms with E-state index in [0.717, 1.165) is 0 Å². The molecule has 8 heteroatoms. The van der Waals surface area contributed by atoms with Crippen molar-refractivity contribution in [3.8, 4) is 11.5 Å². The Bertz CT molecular complexity index is 866. The second kappa shape index (κ2) is 9.96. The number of methoxy groups -OCH3 is 1. The number of para-hydroxylation sites is 1. The highest BCUT2D eigenvalue weighted by Gasteiger charge is 2.16. The molecule has 0 aromatic heterocycles. The Morgan fingerprint density at radius 1 is 1.00 bits per heavy atom. The maximum absolute atomic E-state index is 12.2. The molecule has 148 valence electrons. The van der Waals surface area contributed by atoms with Crippen molar-refractivity contribution in [2.24, 2.45) is 0 Å². The second-order valence-electron chi connectivity index (χ2n) is 5.65. The zero-order valence-corrected chi connectivity index (χ0v) is 15.9. The number of hydrogen-bond acceptors (Lipinski definition) is 6. The number of amides is 2. The van der Waals surface area contributed by atoms with Gasteiger partial charge in [0.25, 0.3) is 5.91 Å². The number of hydrogen-bond donors (Lipinski definition) is 2. The molecular formula is C20H22N2O6. The van der Waals surface area contributed by atoms with E-state index < -0.39 is 18.5 Å². The zero-order valence-electron chi connectivity index (χ0n) is 15.9. The summed E-state index contributed by atoms with van der Waals surface area (Å²) >= 11 is 0. The summed E-state index contributed by atoms with van der Waals surface area (Å²) in [4.78, 5) is 35.6. The Kier molecular flexibility index (Phi) is 7.38. The summed E-state index contributed by atoms with van der Waals surface area (Å²) in [6.07, 6.45) is 0. The summed E-state index contributed by atoms with van der Waals surface area (Å²) in [6, 6.07) is 11.4. The van der Waals surface area contributed by atoms with Crippen LogP contribution in [0.25, 0.3) is 0 Å². The minimum atomic E-state index is -0.668. The van der Waals surface area contributed by atoms with Gasteiger partial charge in [0.15, 0.2) is 6.61 Å². The normalized spacial score (nSPS) is 9.96. The van der Waals surface area contributed by atoms with Crippen LogP contribution < -0.4 is 20.1 Å². The maximum atomic E-state index is 12.2. The molecule has 2 aromatic carbocycles. The molecule has 0 aliphatic carbocycles. The molecule has 0 unspecified atom stereocenters. The van der Waals surface area contributed by atoms with Gasteiger partial charge in [-0.25, -0.2) is 4.79 Å². The monoisotopic (exact) mass is 386 g/mol. The van der Waals surface area contributed by atoms with E-state index in [1.807, 2.05) is 0 Å². The van der Waals surface area contributed by atoms with E-state index in [1.165, 1.54) is 14.0 Å². The minimum Gasteiger partial charge on any atom is -0.495 e. The van der Waals surface area contributed by atoms with Crippen molar-refractivity contribution in [2.75, 3.05) is 31.0 Å². The highest BCUT2D eigenvalue weighted by atomic mass is 16.5. The van der Waals surface area contributed by atoms with Crippen LogP contribution >= 0.6 is 0 Å². The van der Waals surface area contributed by atoms with Gasteiger partial charge in [0.2, 0.25) is 5.91 Å². The largest absolute Gasteiger partial charge is 0.495 e. The van der Waals surface area contributed by atoms with Crippen molar-refractivity contribution in [3.63, 3.8) is 0 Å².